The molecule has 3 N–H and O–H groups in total. The largest absolute Gasteiger partial charge is 0.370 e. The van der Waals surface area contributed by atoms with Gasteiger partial charge in [-0.25, -0.2) is 0 Å². The SMILES string of the molecule is C[C@@H]1CNC[C@H]1C(=O)N(CCC(N)=O)Cc1ccccc1. The van der Waals surface area contributed by atoms with Crippen LogP contribution in [-0.4, -0.2) is 36.3 Å². The van der Waals surface area contributed by atoms with Crippen LogP contribution in [-0.2, 0) is 16.1 Å². The Bertz CT molecular complexity index is 490. The molecule has 0 aliphatic carbocycles. The van der Waals surface area contributed by atoms with E-state index in [1.165, 1.54) is 0 Å². The summed E-state index contributed by atoms with van der Waals surface area (Å²) in [5.41, 5.74) is 6.29. The number of primary amides is 1. The highest BCUT2D eigenvalue weighted by Crippen LogP contribution is 2.20. The molecule has 0 bridgehead atoms. The number of carbonyl (C=O) groups is 2. The van der Waals surface area contributed by atoms with Crippen LogP contribution in [0.3, 0.4) is 0 Å². The third-order valence-electron chi connectivity index (χ3n) is 3.99. The molecular weight excluding hydrogens is 266 g/mol. The number of benzene rings is 1. The van der Waals surface area contributed by atoms with Crippen molar-refractivity contribution in [2.24, 2.45) is 17.6 Å². The maximum Gasteiger partial charge on any atom is 0.227 e. The van der Waals surface area contributed by atoms with Gasteiger partial charge in [0.2, 0.25) is 11.8 Å². The van der Waals surface area contributed by atoms with E-state index < -0.39 is 0 Å². The summed E-state index contributed by atoms with van der Waals surface area (Å²) in [5.74, 6) is 0.0435. The van der Waals surface area contributed by atoms with Crippen molar-refractivity contribution < 1.29 is 9.59 Å². The van der Waals surface area contributed by atoms with Crippen molar-refractivity contribution in [1.29, 1.82) is 0 Å². The van der Waals surface area contributed by atoms with Crippen LogP contribution in [0.2, 0.25) is 0 Å². The summed E-state index contributed by atoms with van der Waals surface area (Å²) in [6.45, 7) is 4.56. The zero-order valence-electron chi connectivity index (χ0n) is 12.4. The molecule has 1 aliphatic heterocycles. The fraction of sp³-hybridized carbons (Fsp3) is 0.500. The average Bonchev–Trinajstić information content (AvgIpc) is 2.90. The molecule has 0 aromatic heterocycles. The Hall–Kier alpha value is -1.88. The Morgan fingerprint density at radius 3 is 2.57 bits per heavy atom. The number of nitrogens with two attached hydrogens (primary N) is 1. The van der Waals surface area contributed by atoms with E-state index in [1.54, 1.807) is 4.90 Å². The van der Waals surface area contributed by atoms with Crippen molar-refractivity contribution in [1.82, 2.24) is 10.2 Å². The molecule has 2 amide bonds. The summed E-state index contributed by atoms with van der Waals surface area (Å²) in [4.78, 5) is 25.5. The number of carbonyl (C=O) groups excluding carboxylic acids is 2. The topological polar surface area (TPSA) is 75.4 Å². The minimum Gasteiger partial charge on any atom is -0.370 e. The van der Waals surface area contributed by atoms with E-state index >= 15 is 0 Å². The number of nitrogens with zero attached hydrogens (tertiary/aromatic N) is 1. The van der Waals surface area contributed by atoms with Gasteiger partial charge in [-0.3, -0.25) is 9.59 Å². The molecule has 2 rings (SSSR count). The quantitative estimate of drug-likeness (QED) is 0.811. The van der Waals surface area contributed by atoms with Gasteiger partial charge in [-0.2, -0.15) is 0 Å². The second-order valence-corrected chi connectivity index (χ2v) is 5.70. The fourth-order valence-corrected chi connectivity index (χ4v) is 2.69. The van der Waals surface area contributed by atoms with Crippen LogP contribution in [0.1, 0.15) is 18.9 Å². The second-order valence-electron chi connectivity index (χ2n) is 5.70. The molecule has 1 heterocycles. The standard InChI is InChI=1S/C16H23N3O2/c1-12-9-18-10-14(12)16(21)19(8-7-15(17)20)11-13-5-3-2-4-6-13/h2-6,12,14,18H,7-11H2,1H3,(H2,17,20)/t12-,14-/m1/s1. The van der Waals surface area contributed by atoms with E-state index in [1.807, 2.05) is 30.3 Å². The van der Waals surface area contributed by atoms with Gasteiger partial charge in [0.1, 0.15) is 0 Å². The molecular formula is C16H23N3O2. The summed E-state index contributed by atoms with van der Waals surface area (Å²) in [6.07, 6.45) is 0.201. The van der Waals surface area contributed by atoms with Gasteiger partial charge in [-0.05, 0) is 18.0 Å². The van der Waals surface area contributed by atoms with Crippen LogP contribution >= 0.6 is 0 Å². The molecule has 1 fully saturated rings. The Morgan fingerprint density at radius 1 is 1.29 bits per heavy atom. The van der Waals surface area contributed by atoms with Crippen LogP contribution in [0.15, 0.2) is 30.3 Å². The first-order valence-corrected chi connectivity index (χ1v) is 7.39. The van der Waals surface area contributed by atoms with Gasteiger partial charge in [0, 0.05) is 26.1 Å². The number of rotatable bonds is 6. The molecule has 1 aliphatic rings. The molecule has 2 atom stereocenters. The minimum atomic E-state index is -0.376. The van der Waals surface area contributed by atoms with Crippen molar-refractivity contribution in [3.63, 3.8) is 0 Å². The Kier molecular flexibility index (Phi) is 5.33. The first-order valence-electron chi connectivity index (χ1n) is 7.39. The van der Waals surface area contributed by atoms with Gasteiger partial charge < -0.3 is 16.0 Å². The van der Waals surface area contributed by atoms with E-state index in [2.05, 4.69) is 12.2 Å². The molecule has 21 heavy (non-hydrogen) atoms. The van der Waals surface area contributed by atoms with E-state index in [-0.39, 0.29) is 24.2 Å². The third-order valence-corrected chi connectivity index (χ3v) is 3.99. The Balaban J connectivity index is 2.07. The van der Waals surface area contributed by atoms with Crippen molar-refractivity contribution in [3.8, 4) is 0 Å². The molecule has 114 valence electrons. The van der Waals surface area contributed by atoms with E-state index in [0.717, 1.165) is 12.1 Å². The van der Waals surface area contributed by atoms with Crippen molar-refractivity contribution in [3.05, 3.63) is 35.9 Å². The van der Waals surface area contributed by atoms with Gasteiger partial charge in [-0.15, -0.1) is 0 Å². The maximum absolute atomic E-state index is 12.7. The lowest BCUT2D eigenvalue weighted by Gasteiger charge is -2.27. The zero-order chi connectivity index (χ0) is 15.2. The molecule has 1 aromatic rings. The van der Waals surface area contributed by atoms with Crippen LogP contribution in [0.25, 0.3) is 0 Å². The molecule has 1 saturated heterocycles. The molecule has 0 saturated carbocycles. The number of nitrogens with one attached hydrogen (secondary N) is 1. The molecule has 5 heteroatoms. The normalized spacial score (nSPS) is 21.2. The van der Waals surface area contributed by atoms with Crippen LogP contribution in [0, 0.1) is 11.8 Å². The van der Waals surface area contributed by atoms with E-state index in [0.29, 0.717) is 25.6 Å². The summed E-state index contributed by atoms with van der Waals surface area (Å²) >= 11 is 0. The van der Waals surface area contributed by atoms with Gasteiger partial charge in [-0.1, -0.05) is 37.3 Å². The first-order chi connectivity index (χ1) is 10.1. The fourth-order valence-electron chi connectivity index (χ4n) is 2.69. The van der Waals surface area contributed by atoms with Crippen LogP contribution in [0.5, 0.6) is 0 Å². The maximum atomic E-state index is 12.7. The molecule has 0 radical (unpaired) electrons. The smallest absolute Gasteiger partial charge is 0.227 e. The van der Waals surface area contributed by atoms with E-state index in [4.69, 9.17) is 5.73 Å². The highest BCUT2D eigenvalue weighted by molar-refractivity contribution is 5.81. The van der Waals surface area contributed by atoms with Gasteiger partial charge in [0.05, 0.1) is 5.92 Å². The van der Waals surface area contributed by atoms with Crippen LogP contribution < -0.4 is 11.1 Å². The van der Waals surface area contributed by atoms with Crippen molar-refractivity contribution in [2.75, 3.05) is 19.6 Å². The molecule has 1 aromatic carbocycles. The monoisotopic (exact) mass is 289 g/mol. The summed E-state index contributed by atoms with van der Waals surface area (Å²) in [6, 6.07) is 9.82. The highest BCUT2D eigenvalue weighted by atomic mass is 16.2. The lowest BCUT2D eigenvalue weighted by Crippen LogP contribution is -2.40. The average molecular weight is 289 g/mol. The predicted molar refractivity (Wildman–Crippen MR) is 81.2 cm³/mol. The summed E-state index contributed by atoms with van der Waals surface area (Å²) in [5, 5.41) is 3.25. The van der Waals surface area contributed by atoms with Gasteiger partial charge in [0.15, 0.2) is 0 Å². The van der Waals surface area contributed by atoms with Gasteiger partial charge >= 0.3 is 0 Å². The lowest BCUT2D eigenvalue weighted by molar-refractivity contribution is -0.137. The van der Waals surface area contributed by atoms with Crippen molar-refractivity contribution >= 4 is 11.8 Å². The number of hydrogen-bond donors (Lipinski definition) is 2. The predicted octanol–water partition coefficient (Wildman–Crippen LogP) is 0.746. The van der Waals surface area contributed by atoms with E-state index in [9.17, 15) is 9.59 Å². The number of hydrogen-bond acceptors (Lipinski definition) is 3. The molecule has 0 spiro atoms. The lowest BCUT2D eigenvalue weighted by atomic mass is 9.96. The Morgan fingerprint density at radius 2 is 2.00 bits per heavy atom. The Labute approximate surface area is 125 Å². The third kappa shape index (κ3) is 4.29. The summed E-state index contributed by atoms with van der Waals surface area (Å²) < 4.78 is 0. The molecule has 0 unspecified atom stereocenters. The highest BCUT2D eigenvalue weighted by Gasteiger charge is 2.32. The van der Waals surface area contributed by atoms with Crippen LogP contribution in [0.4, 0.5) is 0 Å². The first kappa shape index (κ1) is 15.5. The minimum absolute atomic E-state index is 0.0124. The summed E-state index contributed by atoms with van der Waals surface area (Å²) in [7, 11) is 0. The second kappa shape index (κ2) is 7.22. The van der Waals surface area contributed by atoms with Crippen molar-refractivity contribution in [2.45, 2.75) is 19.9 Å². The van der Waals surface area contributed by atoms with Gasteiger partial charge in [0.25, 0.3) is 0 Å². The molecule has 5 nitrogen and oxygen atoms in total. The number of amides is 2. The zero-order valence-corrected chi connectivity index (χ0v) is 12.4.